The van der Waals surface area contributed by atoms with Gasteiger partial charge in [-0.15, -0.1) is 13.2 Å². The fourth-order valence-corrected chi connectivity index (χ4v) is 4.90. The average molecular weight is 466 g/mol. The van der Waals surface area contributed by atoms with Gasteiger partial charge < -0.3 is 14.5 Å². The Morgan fingerprint density at radius 1 is 1.30 bits per heavy atom. The van der Waals surface area contributed by atoms with Crippen LogP contribution in [0.25, 0.3) is 11.3 Å². The molecule has 0 bridgehead atoms. The first-order valence-electron chi connectivity index (χ1n) is 11.6. The molecule has 2 atom stereocenters. The van der Waals surface area contributed by atoms with Crippen molar-refractivity contribution in [2.75, 3.05) is 33.2 Å². The van der Waals surface area contributed by atoms with Crippen LogP contribution in [0.5, 0.6) is 0 Å². The van der Waals surface area contributed by atoms with Crippen LogP contribution in [0.3, 0.4) is 0 Å². The van der Waals surface area contributed by atoms with Crippen LogP contribution in [-0.4, -0.2) is 60.3 Å². The van der Waals surface area contributed by atoms with Crippen LogP contribution >= 0.6 is 0 Å². The van der Waals surface area contributed by atoms with Gasteiger partial charge in [0.25, 0.3) is 0 Å². The maximum atomic E-state index is 13.1. The van der Waals surface area contributed by atoms with E-state index in [0.29, 0.717) is 36.6 Å². The molecule has 3 rings (SSSR count). The molecule has 0 N–H and O–H groups in total. The molecule has 8 heteroatoms. The SMILES string of the molecule is C=C(c1cccnc1/C(=C\C)OC(F)(F)F)[C@H]1C[C@@H](C)CN(C(=O)CC2CCN(C)CC2)C1. The van der Waals surface area contributed by atoms with Crippen molar-refractivity contribution >= 4 is 17.2 Å². The molecule has 0 spiro atoms. The number of halogens is 3. The fourth-order valence-electron chi connectivity index (χ4n) is 4.90. The van der Waals surface area contributed by atoms with Gasteiger partial charge in [-0.3, -0.25) is 9.78 Å². The maximum absolute atomic E-state index is 13.1. The minimum absolute atomic E-state index is 0.0536. The summed E-state index contributed by atoms with van der Waals surface area (Å²) < 4.78 is 42.9. The molecule has 1 amide bonds. The summed E-state index contributed by atoms with van der Waals surface area (Å²) in [5, 5.41) is 0. The molecule has 2 saturated heterocycles. The Balaban J connectivity index is 1.74. The lowest BCUT2D eigenvalue weighted by Crippen LogP contribution is -2.44. The number of rotatable bonds is 6. The Morgan fingerprint density at radius 2 is 2.00 bits per heavy atom. The first-order valence-corrected chi connectivity index (χ1v) is 11.6. The van der Waals surface area contributed by atoms with E-state index in [-0.39, 0.29) is 29.2 Å². The summed E-state index contributed by atoms with van der Waals surface area (Å²) in [5.41, 5.74) is 1.33. The Bertz CT molecular complexity index is 876. The molecule has 33 heavy (non-hydrogen) atoms. The summed E-state index contributed by atoms with van der Waals surface area (Å²) in [7, 11) is 2.10. The van der Waals surface area contributed by atoms with Crippen LogP contribution in [0.2, 0.25) is 0 Å². The average Bonchev–Trinajstić information content (AvgIpc) is 2.77. The molecular formula is C25H34F3N3O2. The number of carbonyl (C=O) groups is 1. The molecule has 1 aromatic rings. The number of ether oxygens (including phenoxy) is 1. The number of hydrogen-bond donors (Lipinski definition) is 0. The van der Waals surface area contributed by atoms with Crippen LogP contribution in [0.1, 0.15) is 50.8 Å². The quantitative estimate of drug-likeness (QED) is 0.541. The van der Waals surface area contributed by atoms with E-state index < -0.39 is 6.36 Å². The Kier molecular flexibility index (Phi) is 8.21. The molecule has 0 aliphatic carbocycles. The summed E-state index contributed by atoms with van der Waals surface area (Å²) in [5.74, 6) is 0.444. The van der Waals surface area contributed by atoms with Gasteiger partial charge in [-0.05, 0) is 75.9 Å². The van der Waals surface area contributed by atoms with Gasteiger partial charge in [0.2, 0.25) is 5.91 Å². The molecule has 3 heterocycles. The van der Waals surface area contributed by atoms with E-state index in [2.05, 4.69) is 35.2 Å². The molecule has 182 valence electrons. The highest BCUT2D eigenvalue weighted by atomic mass is 19.4. The van der Waals surface area contributed by atoms with E-state index in [9.17, 15) is 18.0 Å². The minimum Gasteiger partial charge on any atom is -0.404 e. The number of amides is 1. The number of aromatic nitrogens is 1. The largest absolute Gasteiger partial charge is 0.573 e. The highest BCUT2D eigenvalue weighted by Gasteiger charge is 2.35. The maximum Gasteiger partial charge on any atom is 0.573 e. The van der Waals surface area contributed by atoms with E-state index in [1.807, 2.05) is 4.90 Å². The van der Waals surface area contributed by atoms with E-state index in [0.717, 1.165) is 32.4 Å². The van der Waals surface area contributed by atoms with Crippen molar-refractivity contribution in [3.05, 3.63) is 42.2 Å². The lowest BCUT2D eigenvalue weighted by Gasteiger charge is -2.39. The van der Waals surface area contributed by atoms with Crippen LogP contribution in [0.15, 0.2) is 31.0 Å². The first-order chi connectivity index (χ1) is 15.6. The number of pyridine rings is 1. The third kappa shape index (κ3) is 6.82. The van der Waals surface area contributed by atoms with Crippen LogP contribution < -0.4 is 0 Å². The standard InChI is InChI=1S/C25H34F3N3O2/c1-5-22(33-25(26,27)28)24-21(7-6-10-29-24)18(3)20-13-17(2)15-31(16-20)23(32)14-19-8-11-30(4)12-9-19/h5-7,10,17,19-20H,3,8-9,11-16H2,1-2,4H3/b22-5+/t17-,20+/m1/s1. The number of carbonyl (C=O) groups excluding carboxylic acids is 1. The molecule has 2 fully saturated rings. The lowest BCUT2D eigenvalue weighted by atomic mass is 9.82. The number of alkyl halides is 3. The normalized spacial score (nSPS) is 23.5. The van der Waals surface area contributed by atoms with Crippen molar-refractivity contribution in [1.82, 2.24) is 14.8 Å². The van der Waals surface area contributed by atoms with Crippen molar-refractivity contribution in [2.45, 2.75) is 45.9 Å². The summed E-state index contributed by atoms with van der Waals surface area (Å²) in [6, 6.07) is 3.40. The van der Waals surface area contributed by atoms with Crippen LogP contribution in [-0.2, 0) is 9.53 Å². The van der Waals surface area contributed by atoms with Gasteiger partial charge in [0.15, 0.2) is 5.76 Å². The van der Waals surface area contributed by atoms with Crippen molar-refractivity contribution < 1.29 is 22.7 Å². The molecule has 2 aliphatic rings. The van der Waals surface area contributed by atoms with Gasteiger partial charge in [-0.1, -0.05) is 19.6 Å². The van der Waals surface area contributed by atoms with Crippen LogP contribution in [0, 0.1) is 17.8 Å². The molecule has 0 saturated carbocycles. The van der Waals surface area contributed by atoms with E-state index in [4.69, 9.17) is 0 Å². The monoisotopic (exact) mass is 465 g/mol. The van der Waals surface area contributed by atoms with Gasteiger partial charge in [-0.25, -0.2) is 0 Å². The van der Waals surface area contributed by atoms with Gasteiger partial charge in [0.1, 0.15) is 5.69 Å². The third-order valence-corrected chi connectivity index (χ3v) is 6.68. The second kappa shape index (κ2) is 10.7. The fraction of sp³-hybridized carbons (Fsp3) is 0.600. The second-order valence-corrected chi connectivity index (χ2v) is 9.41. The van der Waals surface area contributed by atoms with Crippen molar-refractivity contribution in [1.29, 1.82) is 0 Å². The summed E-state index contributed by atoms with van der Waals surface area (Å²) in [6.07, 6.45) is 1.33. The lowest BCUT2D eigenvalue weighted by molar-refractivity contribution is -0.290. The Morgan fingerprint density at radius 3 is 2.64 bits per heavy atom. The number of likely N-dealkylation sites (tertiary alicyclic amines) is 2. The predicted molar refractivity (Wildman–Crippen MR) is 123 cm³/mol. The Labute approximate surface area is 194 Å². The minimum atomic E-state index is -4.81. The van der Waals surface area contributed by atoms with E-state index in [1.165, 1.54) is 19.2 Å². The van der Waals surface area contributed by atoms with Crippen molar-refractivity contribution in [3.8, 4) is 0 Å². The summed E-state index contributed by atoms with van der Waals surface area (Å²) in [6.45, 7) is 11.1. The zero-order valence-corrected chi connectivity index (χ0v) is 19.7. The molecule has 0 radical (unpaired) electrons. The van der Waals surface area contributed by atoms with Crippen LogP contribution in [0.4, 0.5) is 13.2 Å². The molecule has 1 aromatic heterocycles. The zero-order chi connectivity index (χ0) is 24.2. The van der Waals surface area contributed by atoms with Gasteiger partial charge >= 0.3 is 6.36 Å². The third-order valence-electron chi connectivity index (χ3n) is 6.68. The zero-order valence-electron chi connectivity index (χ0n) is 19.7. The number of hydrogen-bond acceptors (Lipinski definition) is 4. The molecule has 2 aliphatic heterocycles. The highest BCUT2D eigenvalue weighted by Crippen LogP contribution is 2.37. The molecule has 5 nitrogen and oxygen atoms in total. The highest BCUT2D eigenvalue weighted by molar-refractivity contribution is 5.78. The number of piperidine rings is 2. The first kappa shape index (κ1) is 25.3. The van der Waals surface area contributed by atoms with Crippen molar-refractivity contribution in [3.63, 3.8) is 0 Å². The Hall–Kier alpha value is -2.35. The molecular weight excluding hydrogens is 431 g/mol. The van der Waals surface area contributed by atoms with Crippen molar-refractivity contribution in [2.24, 2.45) is 17.8 Å². The summed E-state index contributed by atoms with van der Waals surface area (Å²) in [4.78, 5) is 21.5. The molecule has 0 aromatic carbocycles. The van der Waals surface area contributed by atoms with Gasteiger partial charge in [0.05, 0.1) is 0 Å². The van der Waals surface area contributed by atoms with Gasteiger partial charge in [0, 0.05) is 37.2 Å². The van der Waals surface area contributed by atoms with Gasteiger partial charge in [-0.2, -0.15) is 0 Å². The predicted octanol–water partition coefficient (Wildman–Crippen LogP) is 5.21. The second-order valence-electron chi connectivity index (χ2n) is 9.41. The molecule has 0 unspecified atom stereocenters. The van der Waals surface area contributed by atoms with E-state index >= 15 is 0 Å². The number of allylic oxidation sites excluding steroid dienone is 1. The summed E-state index contributed by atoms with van der Waals surface area (Å²) >= 11 is 0. The number of nitrogens with zero attached hydrogens (tertiary/aromatic N) is 3. The van der Waals surface area contributed by atoms with E-state index in [1.54, 1.807) is 12.1 Å². The smallest absolute Gasteiger partial charge is 0.404 e. The topological polar surface area (TPSA) is 45.7 Å².